The molecule has 0 aliphatic rings. The van der Waals surface area contributed by atoms with Crippen LogP contribution >= 0.6 is 0 Å². The Morgan fingerprint density at radius 1 is 1.00 bits per heavy atom. The molecule has 1 N–H and O–H groups in total. The molecule has 0 aliphatic heterocycles. The Kier molecular flexibility index (Phi) is 11.7. The average Bonchev–Trinajstić information content (AvgIpc) is 2.92. The normalized spacial score (nSPS) is 11.2. The van der Waals surface area contributed by atoms with E-state index in [2.05, 4.69) is 23.4 Å². The minimum Gasteiger partial charge on any atom is -0.493 e. The number of aromatic nitrogens is 1. The Balaban J connectivity index is 2.16. The summed E-state index contributed by atoms with van der Waals surface area (Å²) in [5, 5.41) is 27.9. The van der Waals surface area contributed by atoms with Crippen LogP contribution in [0.1, 0.15) is 25.0 Å². The number of nitriles is 1. The largest absolute Gasteiger partial charge is 0.493 e. The van der Waals surface area contributed by atoms with Crippen molar-refractivity contribution in [3.05, 3.63) is 70.1 Å². The molecule has 0 amide bonds. The number of hydrogen-bond acceptors (Lipinski definition) is 12. The van der Waals surface area contributed by atoms with E-state index in [-0.39, 0.29) is 71.5 Å². The Hall–Kier alpha value is -4.61. The van der Waals surface area contributed by atoms with Gasteiger partial charge in [-0.15, -0.1) is 5.11 Å². The second-order valence-corrected chi connectivity index (χ2v) is 10.8. The van der Waals surface area contributed by atoms with Gasteiger partial charge in [-0.3, -0.25) is 9.36 Å². The van der Waals surface area contributed by atoms with Crippen molar-refractivity contribution in [2.24, 2.45) is 10.2 Å². The van der Waals surface area contributed by atoms with Gasteiger partial charge in [0.2, 0.25) is 5.88 Å². The highest BCUT2D eigenvalue weighted by Crippen LogP contribution is 2.27. The summed E-state index contributed by atoms with van der Waals surface area (Å²) in [6.07, 6.45) is 0. The number of benzene rings is 1. The molecule has 13 nitrogen and oxygen atoms in total. The van der Waals surface area contributed by atoms with E-state index in [1.54, 1.807) is 0 Å². The molecule has 1 heterocycles. The lowest BCUT2D eigenvalue weighted by atomic mass is 10.1. The summed E-state index contributed by atoms with van der Waals surface area (Å²) >= 11 is 0. The highest BCUT2D eigenvalue weighted by molar-refractivity contribution is 7.91. The molecule has 1 aromatic heterocycles. The van der Waals surface area contributed by atoms with Crippen LogP contribution in [-0.4, -0.2) is 62.2 Å². The smallest absolute Gasteiger partial charge is 0.333 e. The number of carbonyl (C=O) groups excluding carboxylic acids is 2. The first-order valence-corrected chi connectivity index (χ1v) is 13.8. The van der Waals surface area contributed by atoms with Gasteiger partial charge in [0.15, 0.2) is 15.5 Å². The van der Waals surface area contributed by atoms with Crippen LogP contribution in [0.4, 0.5) is 11.4 Å². The lowest BCUT2D eigenvalue weighted by molar-refractivity contribution is -0.140. The van der Waals surface area contributed by atoms with Gasteiger partial charge in [0.1, 0.15) is 24.8 Å². The van der Waals surface area contributed by atoms with E-state index in [4.69, 9.17) is 14.2 Å². The van der Waals surface area contributed by atoms with Crippen molar-refractivity contribution in [2.45, 2.75) is 32.2 Å². The third-order valence-electron chi connectivity index (χ3n) is 5.43. The first-order chi connectivity index (χ1) is 19.3. The number of esters is 2. The molecule has 0 saturated heterocycles. The zero-order valence-corrected chi connectivity index (χ0v) is 23.7. The van der Waals surface area contributed by atoms with Crippen LogP contribution in [0.3, 0.4) is 0 Å². The molecule has 218 valence electrons. The predicted molar refractivity (Wildman–Crippen MR) is 147 cm³/mol. The van der Waals surface area contributed by atoms with Gasteiger partial charge >= 0.3 is 11.9 Å². The zero-order chi connectivity index (χ0) is 30.7. The molecule has 0 unspecified atom stereocenters. The van der Waals surface area contributed by atoms with E-state index >= 15 is 0 Å². The molecule has 0 bridgehead atoms. The van der Waals surface area contributed by atoms with Crippen molar-refractivity contribution in [3.63, 3.8) is 0 Å². The minimum atomic E-state index is -3.76. The number of ether oxygens (including phenoxy) is 3. The van der Waals surface area contributed by atoms with Gasteiger partial charge < -0.3 is 19.3 Å². The highest BCUT2D eigenvalue weighted by Gasteiger charge is 2.20. The van der Waals surface area contributed by atoms with Gasteiger partial charge in [-0.1, -0.05) is 13.2 Å². The fraction of sp³-hybridized carbons (Fsp3) is 0.333. The molecule has 0 spiro atoms. The number of hydrogen-bond donors (Lipinski definition) is 1. The van der Waals surface area contributed by atoms with E-state index in [0.29, 0.717) is 0 Å². The van der Waals surface area contributed by atoms with E-state index in [1.807, 2.05) is 6.07 Å². The molecule has 1 aromatic carbocycles. The minimum absolute atomic E-state index is 0.0312. The quantitative estimate of drug-likeness (QED) is 0.149. The zero-order valence-electron chi connectivity index (χ0n) is 22.9. The van der Waals surface area contributed by atoms with Gasteiger partial charge in [0.05, 0.1) is 36.1 Å². The summed E-state index contributed by atoms with van der Waals surface area (Å²) in [7, 11) is -3.76. The maximum absolute atomic E-state index is 13.0. The van der Waals surface area contributed by atoms with Crippen molar-refractivity contribution >= 4 is 33.2 Å². The second kappa shape index (κ2) is 14.7. The molecule has 14 heteroatoms. The molecule has 2 aromatic rings. The number of rotatable bonds is 14. The highest BCUT2D eigenvalue weighted by atomic mass is 32.2. The third kappa shape index (κ3) is 8.95. The Bertz CT molecular complexity index is 1570. The van der Waals surface area contributed by atoms with Crippen LogP contribution in [0.25, 0.3) is 0 Å². The predicted octanol–water partition coefficient (Wildman–Crippen LogP) is 3.18. The molecular weight excluding hydrogens is 556 g/mol. The maximum Gasteiger partial charge on any atom is 0.333 e. The van der Waals surface area contributed by atoms with Crippen LogP contribution in [0.2, 0.25) is 0 Å². The van der Waals surface area contributed by atoms with Crippen molar-refractivity contribution in [2.75, 3.05) is 32.2 Å². The Morgan fingerprint density at radius 2 is 1.59 bits per heavy atom. The van der Waals surface area contributed by atoms with Gasteiger partial charge in [-0.05, 0) is 45.0 Å². The molecule has 41 heavy (non-hydrogen) atoms. The summed E-state index contributed by atoms with van der Waals surface area (Å²) < 4.78 is 41.0. The summed E-state index contributed by atoms with van der Waals surface area (Å²) in [5.74, 6) is -2.24. The molecule has 0 fully saturated rings. The molecule has 0 radical (unpaired) electrons. The van der Waals surface area contributed by atoms with Crippen LogP contribution in [0.15, 0.2) is 68.5 Å². The van der Waals surface area contributed by atoms with E-state index in [1.165, 1.54) is 45.0 Å². The average molecular weight is 587 g/mol. The fourth-order valence-electron chi connectivity index (χ4n) is 3.15. The van der Waals surface area contributed by atoms with Crippen LogP contribution in [0, 0.1) is 18.3 Å². The maximum atomic E-state index is 13.0. The summed E-state index contributed by atoms with van der Waals surface area (Å²) in [6.45, 7) is 10.7. The standard InChI is InChI=1S/C27H30N4O9S/c1-17(2)26(34)39-13-12-38-11-10-31-24(32)22(16-28)19(5)23(25(31)33)30-29-20-6-8-21(9-7-20)41(36,37)15-14-40-27(35)18(3)4/h6-9,32H,1,3,10-15H2,2,4-5H3. The first kappa shape index (κ1) is 32.6. The van der Waals surface area contributed by atoms with Crippen molar-refractivity contribution in [1.82, 2.24) is 4.57 Å². The van der Waals surface area contributed by atoms with Gasteiger partial charge in [-0.25, -0.2) is 18.0 Å². The lowest BCUT2D eigenvalue weighted by Crippen LogP contribution is -2.24. The van der Waals surface area contributed by atoms with E-state index in [9.17, 15) is 33.2 Å². The molecule has 0 aliphatic carbocycles. The van der Waals surface area contributed by atoms with Gasteiger partial charge in [0, 0.05) is 16.7 Å². The Labute approximate surface area is 236 Å². The Morgan fingerprint density at radius 3 is 2.15 bits per heavy atom. The number of nitrogens with zero attached hydrogens (tertiary/aromatic N) is 4. The summed E-state index contributed by atoms with van der Waals surface area (Å²) in [4.78, 5) is 35.8. The summed E-state index contributed by atoms with van der Waals surface area (Å²) in [6, 6.07) is 7.15. The lowest BCUT2D eigenvalue weighted by Gasteiger charge is -2.13. The van der Waals surface area contributed by atoms with Gasteiger partial charge in [0.25, 0.3) is 5.56 Å². The van der Waals surface area contributed by atoms with Crippen LogP contribution in [0.5, 0.6) is 5.88 Å². The first-order valence-electron chi connectivity index (χ1n) is 12.1. The second-order valence-electron chi connectivity index (χ2n) is 8.70. The monoisotopic (exact) mass is 586 g/mol. The van der Waals surface area contributed by atoms with Crippen molar-refractivity contribution in [1.29, 1.82) is 5.26 Å². The van der Waals surface area contributed by atoms with Crippen LogP contribution < -0.4 is 5.56 Å². The molecule has 2 rings (SSSR count). The number of azo groups is 1. The van der Waals surface area contributed by atoms with Gasteiger partial charge in [-0.2, -0.15) is 10.4 Å². The molecule has 0 atom stereocenters. The molecule has 0 saturated carbocycles. The van der Waals surface area contributed by atoms with Crippen molar-refractivity contribution in [3.8, 4) is 11.9 Å². The fourth-order valence-corrected chi connectivity index (χ4v) is 4.24. The van der Waals surface area contributed by atoms with E-state index < -0.39 is 39.0 Å². The van der Waals surface area contributed by atoms with Crippen molar-refractivity contribution < 1.29 is 37.3 Å². The van der Waals surface area contributed by atoms with E-state index in [0.717, 1.165) is 4.57 Å². The SMILES string of the molecule is C=C(C)C(=O)OCCOCCn1c(O)c(C#N)c(C)c(N=Nc2ccc(S(=O)(=O)CCOC(=O)C(=C)C)cc2)c1=O. The topological polar surface area (TPSA) is 187 Å². The number of carbonyl (C=O) groups is 2. The number of pyridine rings is 1. The molecular formula is C27H30N4O9S. The number of sulfone groups is 1. The van der Waals surface area contributed by atoms with Crippen LogP contribution in [-0.2, 0) is 40.2 Å². The summed E-state index contributed by atoms with van der Waals surface area (Å²) in [5.41, 5.74) is -0.404. The number of aromatic hydroxyl groups is 1. The third-order valence-corrected chi connectivity index (χ3v) is 7.13.